The van der Waals surface area contributed by atoms with Crippen molar-refractivity contribution in [3.05, 3.63) is 29.8 Å². The van der Waals surface area contributed by atoms with Crippen molar-refractivity contribution in [1.29, 1.82) is 0 Å². The van der Waals surface area contributed by atoms with Crippen molar-refractivity contribution in [2.45, 2.75) is 13.3 Å². The fraction of sp³-hybridized carbons (Fsp3) is 0.417. The lowest BCUT2D eigenvalue weighted by Crippen LogP contribution is -2.12. The van der Waals surface area contributed by atoms with Crippen molar-refractivity contribution < 1.29 is 13.7 Å². The summed E-state index contributed by atoms with van der Waals surface area (Å²) in [7, 11) is 0.538. The summed E-state index contributed by atoms with van der Waals surface area (Å²) in [6, 6.07) is 6.86. The second-order valence-corrected chi connectivity index (χ2v) is 5.02. The molecule has 1 rings (SSSR count). The summed E-state index contributed by atoms with van der Waals surface area (Å²) < 4.78 is 16.4. The van der Waals surface area contributed by atoms with Gasteiger partial charge < -0.3 is 4.74 Å². The molecule has 4 heteroatoms. The molecule has 0 aliphatic rings. The van der Waals surface area contributed by atoms with Crippen molar-refractivity contribution in [3.63, 3.8) is 0 Å². The zero-order chi connectivity index (χ0) is 12.0. The van der Waals surface area contributed by atoms with Crippen LogP contribution in [-0.4, -0.2) is 28.6 Å². The Morgan fingerprint density at radius 3 is 2.44 bits per heavy atom. The maximum Gasteiger partial charge on any atom is 0.175 e. The van der Waals surface area contributed by atoms with E-state index in [2.05, 4.69) is 0 Å². The Bertz CT molecular complexity index is 370. The van der Waals surface area contributed by atoms with Gasteiger partial charge >= 0.3 is 0 Å². The number of ketones is 1. The van der Waals surface area contributed by atoms with Crippen LogP contribution in [0.2, 0.25) is 0 Å². The van der Waals surface area contributed by atoms with Gasteiger partial charge in [-0.1, -0.05) is 6.92 Å². The molecular weight excluding hydrogens is 224 g/mol. The van der Waals surface area contributed by atoms with Crippen LogP contribution < -0.4 is 4.74 Å². The van der Waals surface area contributed by atoms with E-state index >= 15 is 0 Å². The molecule has 3 nitrogen and oxygen atoms in total. The molecule has 0 aliphatic carbocycles. The number of benzene rings is 1. The lowest BCUT2D eigenvalue weighted by atomic mass is 10.1. The molecule has 0 heterocycles. The van der Waals surface area contributed by atoms with Crippen LogP contribution in [0.5, 0.6) is 5.75 Å². The first-order valence-corrected chi connectivity index (χ1v) is 6.68. The third-order valence-electron chi connectivity index (χ3n) is 2.14. The van der Waals surface area contributed by atoms with Crippen LogP contribution >= 0.6 is 0 Å². The second kappa shape index (κ2) is 6.43. The third-order valence-corrected chi connectivity index (χ3v) is 3.58. The van der Waals surface area contributed by atoms with Gasteiger partial charge in [0.1, 0.15) is 5.75 Å². The number of ether oxygens (including phenoxy) is 1. The molecule has 1 aromatic carbocycles. The van der Waals surface area contributed by atoms with Crippen LogP contribution in [0.25, 0.3) is 0 Å². The summed E-state index contributed by atoms with van der Waals surface area (Å²) in [5, 5.41) is 0. The largest absolute Gasteiger partial charge is 0.497 e. The summed E-state index contributed by atoms with van der Waals surface area (Å²) in [4.78, 5) is 11.7. The molecule has 1 atom stereocenters. The quantitative estimate of drug-likeness (QED) is 0.715. The van der Waals surface area contributed by atoms with E-state index in [9.17, 15) is 9.00 Å². The fourth-order valence-corrected chi connectivity index (χ4v) is 2.37. The van der Waals surface area contributed by atoms with Gasteiger partial charge in [-0.05, 0) is 30.7 Å². The molecule has 0 saturated carbocycles. The van der Waals surface area contributed by atoms with Crippen LogP contribution in [0.4, 0.5) is 0 Å². The number of hydrogen-bond acceptors (Lipinski definition) is 3. The minimum Gasteiger partial charge on any atom is -0.497 e. The lowest BCUT2D eigenvalue weighted by Gasteiger charge is -2.02. The van der Waals surface area contributed by atoms with Crippen molar-refractivity contribution >= 4 is 16.6 Å². The summed E-state index contributed by atoms with van der Waals surface area (Å²) in [6.07, 6.45) is 0.836. The number of hydrogen-bond donors (Lipinski definition) is 0. The highest BCUT2D eigenvalue weighted by molar-refractivity contribution is 7.85. The Morgan fingerprint density at radius 2 is 1.94 bits per heavy atom. The topological polar surface area (TPSA) is 43.4 Å². The summed E-state index contributed by atoms with van der Waals surface area (Å²) in [5.41, 5.74) is 0.588. The van der Waals surface area contributed by atoms with Gasteiger partial charge in [0.15, 0.2) is 5.78 Å². The van der Waals surface area contributed by atoms with E-state index < -0.39 is 10.8 Å². The SMILES string of the molecule is CCCS(=O)CC(=O)c1ccc(OC)cc1. The molecule has 0 fully saturated rings. The maximum atomic E-state index is 11.7. The number of methoxy groups -OCH3 is 1. The molecular formula is C12H16O3S. The molecule has 0 radical (unpaired) electrons. The predicted molar refractivity (Wildman–Crippen MR) is 65.5 cm³/mol. The Morgan fingerprint density at radius 1 is 1.31 bits per heavy atom. The highest BCUT2D eigenvalue weighted by Gasteiger charge is 2.09. The first-order chi connectivity index (χ1) is 7.67. The van der Waals surface area contributed by atoms with Crippen LogP contribution in [0, 0.1) is 0 Å². The van der Waals surface area contributed by atoms with Crippen LogP contribution in [-0.2, 0) is 10.8 Å². The minimum atomic E-state index is -1.04. The van der Waals surface area contributed by atoms with Gasteiger partial charge in [0.2, 0.25) is 0 Å². The molecule has 16 heavy (non-hydrogen) atoms. The van der Waals surface area contributed by atoms with Gasteiger partial charge in [-0.3, -0.25) is 9.00 Å². The molecule has 0 bridgehead atoms. The highest BCUT2D eigenvalue weighted by Crippen LogP contribution is 2.12. The number of rotatable bonds is 6. The van der Waals surface area contributed by atoms with Crippen LogP contribution in [0.1, 0.15) is 23.7 Å². The normalized spacial score (nSPS) is 12.1. The average molecular weight is 240 g/mol. The molecule has 0 amide bonds. The average Bonchev–Trinajstić information content (AvgIpc) is 2.29. The smallest absolute Gasteiger partial charge is 0.175 e. The number of carbonyl (C=O) groups is 1. The first kappa shape index (κ1) is 12.9. The van der Waals surface area contributed by atoms with Crippen molar-refractivity contribution in [2.24, 2.45) is 0 Å². The maximum absolute atomic E-state index is 11.7. The van der Waals surface area contributed by atoms with Crippen molar-refractivity contribution in [1.82, 2.24) is 0 Å². The van der Waals surface area contributed by atoms with Crippen LogP contribution in [0.15, 0.2) is 24.3 Å². The Hall–Kier alpha value is -1.16. The monoisotopic (exact) mass is 240 g/mol. The molecule has 0 aliphatic heterocycles. The molecule has 0 N–H and O–H groups in total. The summed E-state index contributed by atoms with van der Waals surface area (Å²) in [6.45, 7) is 1.95. The molecule has 0 saturated heterocycles. The van der Waals surface area contributed by atoms with Gasteiger partial charge in [-0.25, -0.2) is 0 Å². The molecule has 1 aromatic rings. The lowest BCUT2D eigenvalue weighted by molar-refractivity contribution is 0.102. The Balaban J connectivity index is 2.62. The van der Waals surface area contributed by atoms with Crippen molar-refractivity contribution in [3.8, 4) is 5.75 Å². The van der Waals surface area contributed by atoms with E-state index in [-0.39, 0.29) is 11.5 Å². The van der Waals surface area contributed by atoms with Gasteiger partial charge in [0.05, 0.1) is 12.9 Å². The number of carbonyl (C=O) groups excluding carboxylic acids is 1. The molecule has 1 unspecified atom stereocenters. The predicted octanol–water partition coefficient (Wildman–Crippen LogP) is 2.04. The molecule has 88 valence electrons. The zero-order valence-electron chi connectivity index (χ0n) is 9.56. The van der Waals surface area contributed by atoms with Gasteiger partial charge in [0.25, 0.3) is 0 Å². The fourth-order valence-electron chi connectivity index (χ4n) is 1.31. The van der Waals surface area contributed by atoms with E-state index in [1.165, 1.54) is 0 Å². The van der Waals surface area contributed by atoms with E-state index in [0.717, 1.165) is 6.42 Å². The second-order valence-electron chi connectivity index (χ2n) is 3.44. The van der Waals surface area contributed by atoms with Crippen molar-refractivity contribution in [2.75, 3.05) is 18.6 Å². The minimum absolute atomic E-state index is 0.0746. The Kier molecular flexibility index (Phi) is 5.19. The Labute approximate surface area is 98.3 Å². The van der Waals surface area contributed by atoms with E-state index in [4.69, 9.17) is 4.74 Å². The molecule has 0 aromatic heterocycles. The van der Waals surface area contributed by atoms with Gasteiger partial charge in [0, 0.05) is 22.1 Å². The standard InChI is InChI=1S/C12H16O3S/c1-3-8-16(14)9-12(13)10-4-6-11(15-2)7-5-10/h4-7H,3,8-9H2,1-2H3. The summed E-state index contributed by atoms with van der Waals surface area (Å²) in [5.74, 6) is 1.34. The number of Topliss-reactive ketones (excluding diaryl/α,β-unsaturated/α-hetero) is 1. The third kappa shape index (κ3) is 3.77. The zero-order valence-corrected chi connectivity index (χ0v) is 10.4. The van der Waals surface area contributed by atoms with Crippen LogP contribution in [0.3, 0.4) is 0 Å². The first-order valence-electron chi connectivity index (χ1n) is 5.19. The van der Waals surface area contributed by atoms with E-state index in [1.54, 1.807) is 31.4 Å². The van der Waals surface area contributed by atoms with Gasteiger partial charge in [-0.15, -0.1) is 0 Å². The van der Waals surface area contributed by atoms with Gasteiger partial charge in [-0.2, -0.15) is 0 Å². The van der Waals surface area contributed by atoms with E-state index in [0.29, 0.717) is 17.1 Å². The highest BCUT2D eigenvalue weighted by atomic mass is 32.2. The molecule has 0 spiro atoms. The summed E-state index contributed by atoms with van der Waals surface area (Å²) >= 11 is 0. The van der Waals surface area contributed by atoms with E-state index in [1.807, 2.05) is 6.92 Å².